The molecular weight excluding hydrogens is 294 g/mol. The Bertz CT molecular complexity index is 580. The number of carboxylic acids is 1. The number of hydrogen-bond donors (Lipinski definition) is 2. The highest BCUT2D eigenvalue weighted by Crippen LogP contribution is 2.19. The van der Waals surface area contributed by atoms with E-state index in [0.29, 0.717) is 17.9 Å². The molecule has 0 aromatic carbocycles. The molecule has 106 valence electrons. The zero-order chi connectivity index (χ0) is 14.6. The number of carbonyl (C=O) groups is 2. The molecule has 0 unspecified atom stereocenters. The van der Waals surface area contributed by atoms with Gasteiger partial charge in [0.1, 0.15) is 0 Å². The quantitative estimate of drug-likeness (QED) is 0.738. The maximum Gasteiger partial charge on any atom is 0.356 e. The van der Waals surface area contributed by atoms with Crippen molar-refractivity contribution in [2.75, 3.05) is 20.1 Å². The summed E-state index contributed by atoms with van der Waals surface area (Å²) in [5, 5.41) is 8.80. The van der Waals surface area contributed by atoms with Gasteiger partial charge in [-0.3, -0.25) is 4.79 Å². The van der Waals surface area contributed by atoms with E-state index in [2.05, 4.69) is 9.71 Å². The smallest absolute Gasteiger partial charge is 0.356 e. The fourth-order valence-electron chi connectivity index (χ4n) is 1.10. The van der Waals surface area contributed by atoms with Gasteiger partial charge in [0.2, 0.25) is 5.91 Å². The van der Waals surface area contributed by atoms with Gasteiger partial charge in [-0.15, -0.1) is 11.3 Å². The van der Waals surface area contributed by atoms with E-state index < -0.39 is 38.3 Å². The number of thiazole rings is 1. The van der Waals surface area contributed by atoms with Gasteiger partial charge in [0.05, 0.1) is 12.1 Å². The number of nitrogens with zero attached hydrogens (tertiary/aromatic N) is 2. The summed E-state index contributed by atoms with van der Waals surface area (Å²) in [6.45, 7) is 1.77. The van der Waals surface area contributed by atoms with Crippen molar-refractivity contribution < 1.29 is 23.1 Å². The molecule has 2 N–H and O–H groups in total. The molecule has 1 aromatic rings. The fraction of sp³-hybridized carbons (Fsp3) is 0.444. The van der Waals surface area contributed by atoms with E-state index in [0.717, 1.165) is 5.51 Å². The first-order chi connectivity index (χ1) is 8.79. The normalized spacial score (nSPS) is 11.3. The molecule has 0 saturated heterocycles. The lowest BCUT2D eigenvalue weighted by molar-refractivity contribution is -0.128. The minimum absolute atomic E-state index is 0.410. The predicted octanol–water partition coefficient (Wildman–Crippen LogP) is -0.402. The van der Waals surface area contributed by atoms with E-state index in [9.17, 15) is 18.0 Å². The van der Waals surface area contributed by atoms with Crippen LogP contribution in [0.15, 0.2) is 9.72 Å². The van der Waals surface area contributed by atoms with Crippen molar-refractivity contribution in [3.63, 3.8) is 0 Å². The summed E-state index contributed by atoms with van der Waals surface area (Å²) in [5.74, 6) is -1.84. The van der Waals surface area contributed by atoms with Gasteiger partial charge in [-0.25, -0.2) is 22.9 Å². The molecule has 0 saturated carbocycles. The van der Waals surface area contributed by atoms with Gasteiger partial charge in [0.25, 0.3) is 10.0 Å². The average molecular weight is 307 g/mol. The van der Waals surface area contributed by atoms with Crippen LogP contribution < -0.4 is 4.72 Å². The third kappa shape index (κ3) is 3.72. The Kier molecular flexibility index (Phi) is 4.97. The molecule has 0 fully saturated rings. The summed E-state index contributed by atoms with van der Waals surface area (Å²) in [6, 6.07) is 0. The number of nitrogens with one attached hydrogen (secondary N) is 1. The minimum atomic E-state index is -4.05. The summed E-state index contributed by atoms with van der Waals surface area (Å²) >= 11 is 0.683. The van der Waals surface area contributed by atoms with Crippen LogP contribution in [0.1, 0.15) is 17.4 Å². The van der Waals surface area contributed by atoms with Crippen LogP contribution in [-0.2, 0) is 14.8 Å². The number of carboxylic acid groups (broad SMARTS) is 1. The number of sulfonamides is 1. The van der Waals surface area contributed by atoms with Gasteiger partial charge in [-0.2, -0.15) is 0 Å². The second-order valence-corrected chi connectivity index (χ2v) is 6.34. The van der Waals surface area contributed by atoms with Gasteiger partial charge in [0, 0.05) is 13.6 Å². The van der Waals surface area contributed by atoms with Crippen molar-refractivity contribution in [2.24, 2.45) is 0 Å². The van der Waals surface area contributed by atoms with Crippen LogP contribution in [0.2, 0.25) is 0 Å². The summed E-state index contributed by atoms with van der Waals surface area (Å²) in [7, 11) is -2.52. The first kappa shape index (κ1) is 15.5. The number of hydrogen-bond acceptors (Lipinski definition) is 6. The lowest BCUT2D eigenvalue weighted by atomic mass is 10.5. The number of aromatic carboxylic acids is 1. The monoisotopic (exact) mass is 307 g/mol. The number of carbonyl (C=O) groups excluding carboxylic acids is 1. The molecule has 0 radical (unpaired) electrons. The maximum atomic E-state index is 11.9. The molecule has 0 aliphatic rings. The Morgan fingerprint density at radius 3 is 2.68 bits per heavy atom. The molecule has 1 aromatic heterocycles. The predicted molar refractivity (Wildman–Crippen MR) is 67.6 cm³/mol. The number of rotatable bonds is 6. The van der Waals surface area contributed by atoms with Gasteiger partial charge in [0.15, 0.2) is 9.90 Å². The van der Waals surface area contributed by atoms with Gasteiger partial charge in [-0.05, 0) is 6.92 Å². The van der Waals surface area contributed by atoms with Gasteiger partial charge in [-0.1, -0.05) is 0 Å². The van der Waals surface area contributed by atoms with Crippen LogP contribution in [-0.4, -0.2) is 55.4 Å². The van der Waals surface area contributed by atoms with E-state index in [1.807, 2.05) is 0 Å². The average Bonchev–Trinajstić information content (AvgIpc) is 2.85. The summed E-state index contributed by atoms with van der Waals surface area (Å²) in [6.07, 6.45) is 0. The molecular formula is C9H13N3O5S2. The number of amides is 1. The molecule has 0 aliphatic carbocycles. The molecule has 1 rings (SSSR count). The summed E-state index contributed by atoms with van der Waals surface area (Å²) in [4.78, 5) is 27.1. The van der Waals surface area contributed by atoms with Crippen molar-refractivity contribution in [1.82, 2.24) is 14.6 Å². The summed E-state index contributed by atoms with van der Waals surface area (Å²) < 4.78 is 25.4. The highest BCUT2D eigenvalue weighted by molar-refractivity contribution is 7.91. The lowest BCUT2D eigenvalue weighted by Crippen LogP contribution is -2.38. The summed E-state index contributed by atoms with van der Waals surface area (Å²) in [5.41, 5.74) is 0.576. The first-order valence-corrected chi connectivity index (χ1v) is 7.56. The van der Waals surface area contributed by atoms with Crippen molar-refractivity contribution in [3.8, 4) is 0 Å². The fourth-order valence-corrected chi connectivity index (χ4v) is 3.26. The number of likely N-dealkylation sites (N-methyl/N-ethyl adjacent to an activating group) is 1. The maximum absolute atomic E-state index is 11.9. The Labute approximate surface area is 114 Å². The van der Waals surface area contributed by atoms with Crippen LogP contribution in [0.25, 0.3) is 0 Å². The third-order valence-electron chi connectivity index (χ3n) is 2.30. The SMILES string of the molecule is CCN(C)C(=O)CNS(=O)(=O)c1scnc1C(=O)O. The Morgan fingerprint density at radius 1 is 1.53 bits per heavy atom. The molecule has 10 heteroatoms. The van der Waals surface area contributed by atoms with Crippen LogP contribution in [0, 0.1) is 0 Å². The van der Waals surface area contributed by atoms with Crippen molar-refractivity contribution >= 4 is 33.2 Å². The molecule has 1 heterocycles. The van der Waals surface area contributed by atoms with Gasteiger partial charge >= 0.3 is 5.97 Å². The van der Waals surface area contributed by atoms with Crippen molar-refractivity contribution in [3.05, 3.63) is 11.2 Å². The topological polar surface area (TPSA) is 117 Å². The number of aromatic nitrogens is 1. The van der Waals surface area contributed by atoms with Crippen LogP contribution in [0.5, 0.6) is 0 Å². The Balaban J connectivity index is 2.85. The molecule has 0 aliphatic heterocycles. The van der Waals surface area contributed by atoms with E-state index in [4.69, 9.17) is 5.11 Å². The zero-order valence-electron chi connectivity index (χ0n) is 10.3. The molecule has 0 spiro atoms. The standard InChI is InChI=1S/C9H13N3O5S2/c1-3-12(2)6(13)4-11-19(16,17)9-7(8(14)15)10-5-18-9/h5,11H,3-4H2,1-2H3,(H,14,15). The van der Waals surface area contributed by atoms with E-state index >= 15 is 0 Å². The van der Waals surface area contributed by atoms with Gasteiger partial charge < -0.3 is 10.0 Å². The Hall–Kier alpha value is -1.52. The van der Waals surface area contributed by atoms with Crippen LogP contribution in [0.4, 0.5) is 0 Å². The lowest BCUT2D eigenvalue weighted by Gasteiger charge is -2.14. The van der Waals surface area contributed by atoms with E-state index in [1.54, 1.807) is 6.92 Å². The largest absolute Gasteiger partial charge is 0.476 e. The molecule has 19 heavy (non-hydrogen) atoms. The highest BCUT2D eigenvalue weighted by atomic mass is 32.2. The Morgan fingerprint density at radius 2 is 2.16 bits per heavy atom. The molecule has 1 amide bonds. The first-order valence-electron chi connectivity index (χ1n) is 5.20. The van der Waals surface area contributed by atoms with Crippen molar-refractivity contribution in [2.45, 2.75) is 11.1 Å². The van der Waals surface area contributed by atoms with E-state index in [-0.39, 0.29) is 0 Å². The molecule has 8 nitrogen and oxygen atoms in total. The zero-order valence-corrected chi connectivity index (χ0v) is 11.9. The van der Waals surface area contributed by atoms with Crippen LogP contribution in [0.3, 0.4) is 0 Å². The second-order valence-electron chi connectivity index (χ2n) is 3.53. The minimum Gasteiger partial charge on any atom is -0.476 e. The second kappa shape index (κ2) is 6.08. The van der Waals surface area contributed by atoms with E-state index in [1.165, 1.54) is 11.9 Å². The third-order valence-corrected chi connectivity index (χ3v) is 5.07. The van der Waals surface area contributed by atoms with Crippen LogP contribution >= 0.6 is 11.3 Å². The van der Waals surface area contributed by atoms with Crippen molar-refractivity contribution in [1.29, 1.82) is 0 Å². The highest BCUT2D eigenvalue weighted by Gasteiger charge is 2.26. The molecule has 0 atom stereocenters. The molecule has 0 bridgehead atoms.